The number of nitrogens with zero attached hydrogens (tertiary/aromatic N) is 2. The van der Waals surface area contributed by atoms with E-state index in [1.165, 1.54) is 9.80 Å². The van der Waals surface area contributed by atoms with Crippen molar-refractivity contribution in [2.24, 2.45) is 5.73 Å². The van der Waals surface area contributed by atoms with E-state index in [1.807, 2.05) is 106 Å². The Morgan fingerprint density at radius 1 is 0.780 bits per heavy atom. The first-order valence-electron chi connectivity index (χ1n) is 13.9. The molecule has 0 bridgehead atoms. The molecule has 7 nitrogen and oxygen atoms in total. The Kier molecular flexibility index (Phi) is 10.8. The van der Waals surface area contributed by atoms with Gasteiger partial charge >= 0.3 is 5.91 Å². The number of amides is 3. The third-order valence-corrected chi connectivity index (χ3v) is 7.15. The van der Waals surface area contributed by atoms with Crippen molar-refractivity contribution in [3.05, 3.63) is 108 Å². The van der Waals surface area contributed by atoms with Crippen LogP contribution < -0.4 is 11.5 Å². The van der Waals surface area contributed by atoms with Gasteiger partial charge in [-0.25, -0.2) is 4.79 Å². The van der Waals surface area contributed by atoms with Crippen molar-refractivity contribution < 1.29 is 20.1 Å². The highest BCUT2D eigenvalue weighted by molar-refractivity contribution is 5.94. The van der Waals surface area contributed by atoms with Crippen LogP contribution in [-0.2, 0) is 27.2 Å². The number of hydrogen-bond acceptors (Lipinski definition) is 4. The summed E-state index contributed by atoms with van der Waals surface area (Å²) in [6.45, 7) is 5.67. The molecule has 0 aliphatic heterocycles. The molecule has 0 radical (unpaired) electrons. The number of carbonyl (C=O) groups excluding carboxylic acids is 3. The fourth-order valence-electron chi connectivity index (χ4n) is 5.01. The lowest BCUT2D eigenvalue weighted by Crippen LogP contribution is -2.68. The van der Waals surface area contributed by atoms with Gasteiger partial charge in [0.25, 0.3) is 0 Å². The van der Waals surface area contributed by atoms with Crippen LogP contribution in [0.2, 0.25) is 0 Å². The average molecular weight is 556 g/mol. The van der Waals surface area contributed by atoms with Crippen LogP contribution in [0.4, 0.5) is 0 Å². The molecule has 216 valence electrons. The normalized spacial score (nSPS) is 13.3. The Morgan fingerprint density at radius 2 is 1.27 bits per heavy atom. The first-order chi connectivity index (χ1) is 19.4. The van der Waals surface area contributed by atoms with Crippen LogP contribution in [0, 0.1) is 0 Å². The Labute approximate surface area is 243 Å². The molecule has 0 heterocycles. The second kappa shape index (κ2) is 14.0. The largest absolute Gasteiger partial charge is 0.331 e. The van der Waals surface area contributed by atoms with Gasteiger partial charge in [0.05, 0.1) is 0 Å². The van der Waals surface area contributed by atoms with Crippen molar-refractivity contribution in [2.45, 2.75) is 57.7 Å². The minimum absolute atomic E-state index is 0.291. The summed E-state index contributed by atoms with van der Waals surface area (Å²) in [6, 6.07) is 26.0. The van der Waals surface area contributed by atoms with Crippen LogP contribution in [0.15, 0.2) is 96.6 Å². The average Bonchev–Trinajstić information content (AvgIpc) is 2.93. The smallest absolute Gasteiger partial charge is 0.330 e. The van der Waals surface area contributed by atoms with Crippen LogP contribution in [0.1, 0.15) is 38.3 Å². The molecule has 3 rings (SSSR count). The van der Waals surface area contributed by atoms with Gasteiger partial charge in [-0.3, -0.25) is 15.3 Å². The molecule has 0 fully saturated rings. The monoisotopic (exact) mass is 555 g/mol. The predicted molar refractivity (Wildman–Crippen MR) is 163 cm³/mol. The van der Waals surface area contributed by atoms with Crippen LogP contribution in [-0.4, -0.2) is 59.2 Å². The second-order valence-corrected chi connectivity index (χ2v) is 11.5. The van der Waals surface area contributed by atoms with E-state index in [0.717, 1.165) is 27.8 Å². The molecular formula is C34H43N4O3+. The van der Waals surface area contributed by atoms with Gasteiger partial charge in [0.1, 0.15) is 6.04 Å². The molecule has 3 aromatic rings. The Morgan fingerprint density at radius 3 is 1.80 bits per heavy atom. The zero-order valence-electron chi connectivity index (χ0n) is 24.8. The summed E-state index contributed by atoms with van der Waals surface area (Å²) in [5, 5.41) is 0. The van der Waals surface area contributed by atoms with E-state index in [1.54, 1.807) is 20.2 Å². The molecule has 0 spiro atoms. The summed E-state index contributed by atoms with van der Waals surface area (Å²) in [7, 11) is 3.24. The summed E-state index contributed by atoms with van der Waals surface area (Å²) in [5.74, 6) is -0.971. The molecule has 0 aromatic heterocycles. The minimum atomic E-state index is -0.831. The summed E-state index contributed by atoms with van der Waals surface area (Å²) in [6.07, 6.45) is 2.72. The molecule has 7 heteroatoms. The number of carbonyl (C=O) groups is 3. The molecule has 5 N–H and O–H groups in total. The Balaban J connectivity index is 1.91. The molecule has 0 aliphatic carbocycles. The van der Waals surface area contributed by atoms with E-state index in [2.05, 4.69) is 5.73 Å². The van der Waals surface area contributed by atoms with Gasteiger partial charge in [-0.2, -0.15) is 0 Å². The predicted octanol–water partition coefficient (Wildman–Crippen LogP) is 3.64. The highest BCUT2D eigenvalue weighted by atomic mass is 16.2. The van der Waals surface area contributed by atoms with Crippen LogP contribution in [0.25, 0.3) is 11.1 Å². The van der Waals surface area contributed by atoms with Crippen LogP contribution in [0.5, 0.6) is 0 Å². The highest BCUT2D eigenvalue weighted by Crippen LogP contribution is 2.22. The van der Waals surface area contributed by atoms with E-state index in [4.69, 9.17) is 5.73 Å². The maximum absolute atomic E-state index is 14.0. The fraction of sp³-hybridized carbons (Fsp3) is 0.324. The van der Waals surface area contributed by atoms with Crippen LogP contribution >= 0.6 is 0 Å². The Bertz CT molecular complexity index is 1350. The van der Waals surface area contributed by atoms with E-state index in [0.29, 0.717) is 19.3 Å². The quantitative estimate of drug-likeness (QED) is 0.333. The van der Waals surface area contributed by atoms with Gasteiger partial charge in [-0.15, -0.1) is 0 Å². The summed E-state index contributed by atoms with van der Waals surface area (Å²) in [5.41, 5.74) is 14.1. The molecular weight excluding hydrogens is 512 g/mol. The van der Waals surface area contributed by atoms with E-state index in [-0.39, 0.29) is 17.7 Å². The van der Waals surface area contributed by atoms with Crippen molar-refractivity contribution in [2.75, 3.05) is 14.1 Å². The molecule has 3 aromatic carbocycles. The SMILES string of the molecule is C/C(=C\C(=O)N(C)[C@@H](Cc1ccc(-c2ccccc2)cc1)C(=O)N(C)[C@@H](Cc1ccccc1)C([NH3+])=O)CC(C)(C)N. The lowest BCUT2D eigenvalue weighted by atomic mass is 9.96. The summed E-state index contributed by atoms with van der Waals surface area (Å²) in [4.78, 5) is 43.0. The molecule has 3 amide bonds. The zero-order valence-corrected chi connectivity index (χ0v) is 24.8. The van der Waals surface area contributed by atoms with Crippen molar-refractivity contribution in [1.29, 1.82) is 0 Å². The Hall–Kier alpha value is -4.07. The lowest BCUT2D eigenvalue weighted by Gasteiger charge is -2.33. The number of hydrogen-bond donors (Lipinski definition) is 2. The summed E-state index contributed by atoms with van der Waals surface area (Å²) >= 11 is 0. The van der Waals surface area contributed by atoms with Gasteiger partial charge in [0.2, 0.25) is 11.8 Å². The number of likely N-dealkylation sites (N-methyl/N-ethyl adjacent to an activating group) is 2. The summed E-state index contributed by atoms with van der Waals surface area (Å²) < 4.78 is 0. The van der Waals surface area contributed by atoms with Crippen molar-refractivity contribution in [3.8, 4) is 11.1 Å². The maximum atomic E-state index is 14.0. The first-order valence-corrected chi connectivity index (χ1v) is 13.9. The third kappa shape index (κ3) is 9.23. The maximum Gasteiger partial charge on any atom is 0.331 e. The molecule has 2 atom stereocenters. The van der Waals surface area contributed by atoms with E-state index in [9.17, 15) is 14.4 Å². The fourth-order valence-corrected chi connectivity index (χ4v) is 5.01. The number of nitrogens with two attached hydrogens (primary N) is 1. The number of benzene rings is 3. The van der Waals surface area contributed by atoms with Gasteiger partial charge in [0.15, 0.2) is 6.04 Å². The zero-order chi connectivity index (χ0) is 30.2. The van der Waals surface area contributed by atoms with Gasteiger partial charge in [0, 0.05) is 38.6 Å². The minimum Gasteiger partial charge on any atom is -0.330 e. The molecule has 0 aliphatic rings. The van der Waals surface area contributed by atoms with E-state index < -0.39 is 17.6 Å². The molecule has 41 heavy (non-hydrogen) atoms. The number of quaternary nitrogens is 1. The van der Waals surface area contributed by atoms with E-state index >= 15 is 0 Å². The first kappa shape index (κ1) is 31.5. The van der Waals surface area contributed by atoms with Crippen LogP contribution in [0.3, 0.4) is 0 Å². The van der Waals surface area contributed by atoms with Crippen molar-refractivity contribution in [3.63, 3.8) is 0 Å². The third-order valence-electron chi connectivity index (χ3n) is 7.15. The standard InChI is InChI=1S/C34H42N4O3/c1-24(23-34(2,3)36)20-31(39)37(4)30(22-26-16-18-28(19-17-26)27-14-10-7-11-15-27)33(41)38(5)29(32(35)40)21-25-12-8-6-9-13-25/h6-20,29-30H,21-23,36H2,1-5H3,(H2,35,40)/p+1/b24-20+/t29-,30-/m0/s1. The van der Waals surface area contributed by atoms with Crippen molar-refractivity contribution >= 4 is 17.7 Å². The molecule has 0 saturated carbocycles. The topological polar surface area (TPSA) is 111 Å². The lowest BCUT2D eigenvalue weighted by molar-refractivity contribution is -0.311. The van der Waals surface area contributed by atoms with Gasteiger partial charge in [-0.05, 0) is 49.4 Å². The van der Waals surface area contributed by atoms with Gasteiger partial charge < -0.3 is 15.5 Å². The van der Waals surface area contributed by atoms with Gasteiger partial charge in [-0.1, -0.05) is 90.5 Å². The molecule has 0 saturated heterocycles. The number of rotatable bonds is 12. The second-order valence-electron chi connectivity index (χ2n) is 11.5. The molecule has 0 unspecified atom stereocenters. The highest BCUT2D eigenvalue weighted by Gasteiger charge is 2.35. The van der Waals surface area contributed by atoms with Crippen molar-refractivity contribution in [1.82, 2.24) is 9.80 Å².